The van der Waals surface area contributed by atoms with Gasteiger partial charge in [-0.25, -0.2) is 0 Å². The highest BCUT2D eigenvalue weighted by molar-refractivity contribution is 6.04. The van der Waals surface area contributed by atoms with Gasteiger partial charge in [-0.3, -0.25) is 0 Å². The number of benzene rings is 8. The minimum atomic E-state index is -0.144. The van der Waals surface area contributed by atoms with Crippen molar-refractivity contribution in [3.63, 3.8) is 0 Å². The molecule has 2 heterocycles. The summed E-state index contributed by atoms with van der Waals surface area (Å²) in [4.78, 5) is 4.92. The Hall–Kier alpha value is -6.64. The largest absolute Gasteiger partial charge is 0.310 e. The van der Waals surface area contributed by atoms with E-state index < -0.39 is 0 Å². The fourth-order valence-electron chi connectivity index (χ4n) is 9.55. The highest BCUT2D eigenvalue weighted by Crippen LogP contribution is 2.52. The SMILES string of the molecule is CC1(C)c2cc(C=Cc3cccc4c(N5c6ccccc6Cc6ccccc65)cccc34)ccc2-c2ccc(N3c4ccccc4Cc4ccccc43)cc21. The van der Waals surface area contributed by atoms with Gasteiger partial charge in [-0.15, -0.1) is 0 Å². The van der Waals surface area contributed by atoms with Crippen molar-refractivity contribution in [2.45, 2.75) is 32.1 Å². The first-order valence-corrected chi connectivity index (χ1v) is 19.4. The third kappa shape index (κ3) is 4.95. The standard InChI is InChI=1S/C53H40N2/c1-53(2)46-31-35(26-29-43(46)44-30-28-41(34-47(44)53)54-48-20-7-3-13-37(48)32-38-14-4-8-21-49(38)54)25-27-36-17-11-19-45-42(36)18-12-24-52(45)55-50-22-9-5-15-39(50)33-40-16-6-10-23-51(40)55/h3-31,34H,32-33H2,1-2H3. The molecule has 0 atom stereocenters. The molecule has 262 valence electrons. The van der Waals surface area contributed by atoms with E-state index in [1.807, 2.05) is 0 Å². The van der Waals surface area contributed by atoms with Gasteiger partial charge < -0.3 is 9.80 Å². The third-order valence-corrected chi connectivity index (χ3v) is 12.3. The lowest BCUT2D eigenvalue weighted by Crippen LogP contribution is -2.20. The van der Waals surface area contributed by atoms with Gasteiger partial charge in [0, 0.05) is 52.1 Å². The van der Waals surface area contributed by atoms with Crippen LogP contribution in [0.5, 0.6) is 0 Å². The molecule has 2 heteroatoms. The minimum Gasteiger partial charge on any atom is -0.310 e. The molecule has 2 nitrogen and oxygen atoms in total. The average molecular weight is 705 g/mol. The summed E-state index contributed by atoms with van der Waals surface area (Å²) in [6.45, 7) is 4.77. The van der Waals surface area contributed by atoms with Crippen LogP contribution in [0.2, 0.25) is 0 Å². The number of hydrogen-bond donors (Lipinski definition) is 0. The minimum absolute atomic E-state index is 0.144. The van der Waals surface area contributed by atoms with Crippen LogP contribution < -0.4 is 9.80 Å². The van der Waals surface area contributed by atoms with E-state index in [1.165, 1.54) is 101 Å². The van der Waals surface area contributed by atoms with E-state index in [-0.39, 0.29) is 5.41 Å². The lowest BCUT2D eigenvalue weighted by Gasteiger charge is -2.34. The Morgan fingerprint density at radius 3 is 1.53 bits per heavy atom. The van der Waals surface area contributed by atoms with E-state index in [9.17, 15) is 0 Å². The zero-order chi connectivity index (χ0) is 36.7. The van der Waals surface area contributed by atoms with Crippen molar-refractivity contribution >= 4 is 57.0 Å². The molecular formula is C53H40N2. The van der Waals surface area contributed by atoms with Crippen molar-refractivity contribution in [3.05, 3.63) is 214 Å². The summed E-state index contributed by atoms with van der Waals surface area (Å²) in [5.74, 6) is 0. The predicted octanol–water partition coefficient (Wildman–Crippen LogP) is 14.1. The van der Waals surface area contributed by atoms with Crippen LogP contribution in [0.3, 0.4) is 0 Å². The molecule has 2 aliphatic heterocycles. The van der Waals surface area contributed by atoms with Gasteiger partial charge in [0.25, 0.3) is 0 Å². The van der Waals surface area contributed by atoms with Crippen molar-refractivity contribution in [2.24, 2.45) is 0 Å². The van der Waals surface area contributed by atoms with Crippen molar-refractivity contribution in [1.29, 1.82) is 0 Å². The molecule has 11 rings (SSSR count). The Morgan fingerprint density at radius 2 is 0.909 bits per heavy atom. The molecule has 0 fully saturated rings. The molecule has 0 radical (unpaired) electrons. The molecule has 8 aromatic carbocycles. The van der Waals surface area contributed by atoms with Crippen LogP contribution in [0.25, 0.3) is 34.1 Å². The zero-order valence-corrected chi connectivity index (χ0v) is 31.1. The summed E-state index contributed by atoms with van der Waals surface area (Å²) >= 11 is 0. The molecule has 3 aliphatic rings. The van der Waals surface area contributed by atoms with Crippen molar-refractivity contribution in [2.75, 3.05) is 9.80 Å². The Kier molecular flexibility index (Phi) is 7.06. The third-order valence-electron chi connectivity index (χ3n) is 12.3. The molecule has 1 aliphatic carbocycles. The summed E-state index contributed by atoms with van der Waals surface area (Å²) < 4.78 is 0. The smallest absolute Gasteiger partial charge is 0.0540 e. The van der Waals surface area contributed by atoms with Crippen LogP contribution in [-0.2, 0) is 18.3 Å². The number of nitrogens with zero attached hydrogens (tertiary/aromatic N) is 2. The zero-order valence-electron chi connectivity index (χ0n) is 31.1. The van der Waals surface area contributed by atoms with Crippen LogP contribution in [0.1, 0.15) is 58.4 Å². The van der Waals surface area contributed by atoms with Crippen LogP contribution in [0, 0.1) is 0 Å². The quantitative estimate of drug-likeness (QED) is 0.168. The molecule has 0 saturated carbocycles. The number of anilines is 6. The van der Waals surface area contributed by atoms with Crippen molar-refractivity contribution in [3.8, 4) is 11.1 Å². The second-order valence-electron chi connectivity index (χ2n) is 15.8. The van der Waals surface area contributed by atoms with Gasteiger partial charge in [0.05, 0.1) is 5.69 Å². The molecule has 0 spiro atoms. The van der Waals surface area contributed by atoms with Crippen LogP contribution in [0.4, 0.5) is 34.1 Å². The maximum atomic E-state index is 2.46. The van der Waals surface area contributed by atoms with E-state index in [0.29, 0.717) is 0 Å². The summed E-state index contributed by atoms with van der Waals surface area (Å²) in [5, 5.41) is 2.50. The van der Waals surface area contributed by atoms with Crippen molar-refractivity contribution < 1.29 is 0 Å². The highest BCUT2D eigenvalue weighted by Gasteiger charge is 2.36. The molecule has 8 aromatic rings. The average Bonchev–Trinajstić information content (AvgIpc) is 3.45. The van der Waals surface area contributed by atoms with Gasteiger partial charge in [0.2, 0.25) is 0 Å². The highest BCUT2D eigenvalue weighted by atomic mass is 15.2. The van der Waals surface area contributed by atoms with E-state index >= 15 is 0 Å². The van der Waals surface area contributed by atoms with Crippen molar-refractivity contribution in [1.82, 2.24) is 0 Å². The lowest BCUT2D eigenvalue weighted by atomic mass is 9.81. The Balaban J connectivity index is 0.948. The van der Waals surface area contributed by atoms with Crippen LogP contribution in [-0.4, -0.2) is 0 Å². The molecule has 0 saturated heterocycles. The normalized spacial score (nSPS) is 14.6. The first kappa shape index (κ1) is 31.8. The Bertz CT molecular complexity index is 2780. The first-order chi connectivity index (χ1) is 27.0. The summed E-state index contributed by atoms with van der Waals surface area (Å²) in [7, 11) is 0. The van der Waals surface area contributed by atoms with E-state index in [4.69, 9.17) is 0 Å². The number of fused-ring (bicyclic) bond motifs is 8. The fraction of sp³-hybridized carbons (Fsp3) is 0.0943. The molecule has 55 heavy (non-hydrogen) atoms. The van der Waals surface area contributed by atoms with Gasteiger partial charge in [0.15, 0.2) is 0 Å². The Labute approximate surface area is 323 Å². The van der Waals surface area contributed by atoms with Gasteiger partial charge in [0.1, 0.15) is 0 Å². The monoisotopic (exact) mass is 704 g/mol. The van der Waals surface area contributed by atoms with E-state index in [2.05, 4.69) is 206 Å². The number of rotatable bonds is 4. The lowest BCUT2D eigenvalue weighted by molar-refractivity contribution is 0.660. The van der Waals surface area contributed by atoms with Gasteiger partial charge in [-0.05, 0) is 103 Å². The molecule has 0 bridgehead atoms. The summed E-state index contributed by atoms with van der Waals surface area (Å²) in [6, 6.07) is 62.9. The molecule has 0 unspecified atom stereocenters. The summed E-state index contributed by atoms with van der Waals surface area (Å²) in [6.07, 6.45) is 6.50. The number of para-hydroxylation sites is 4. The number of hydrogen-bond acceptors (Lipinski definition) is 2. The maximum absolute atomic E-state index is 2.46. The first-order valence-electron chi connectivity index (χ1n) is 19.4. The fourth-order valence-corrected chi connectivity index (χ4v) is 9.55. The van der Waals surface area contributed by atoms with Crippen LogP contribution >= 0.6 is 0 Å². The topological polar surface area (TPSA) is 6.48 Å². The van der Waals surface area contributed by atoms with E-state index in [1.54, 1.807) is 0 Å². The molecule has 0 amide bonds. The summed E-state index contributed by atoms with van der Waals surface area (Å²) in [5.41, 5.74) is 20.6. The van der Waals surface area contributed by atoms with E-state index in [0.717, 1.165) is 12.8 Å². The molecular weight excluding hydrogens is 665 g/mol. The Morgan fingerprint density at radius 1 is 0.418 bits per heavy atom. The molecule has 0 N–H and O–H groups in total. The predicted molar refractivity (Wildman–Crippen MR) is 232 cm³/mol. The maximum Gasteiger partial charge on any atom is 0.0540 e. The second kappa shape index (κ2) is 12.2. The van der Waals surface area contributed by atoms with Gasteiger partial charge >= 0.3 is 0 Å². The van der Waals surface area contributed by atoms with Crippen LogP contribution in [0.15, 0.2) is 170 Å². The molecule has 0 aromatic heterocycles. The second-order valence-corrected chi connectivity index (χ2v) is 15.8. The van der Waals surface area contributed by atoms with Gasteiger partial charge in [-0.1, -0.05) is 153 Å². The van der Waals surface area contributed by atoms with Gasteiger partial charge in [-0.2, -0.15) is 0 Å².